The number of carbonyl (C=O) groups is 3. The summed E-state index contributed by atoms with van der Waals surface area (Å²) in [5, 5.41) is 15.4. The first-order chi connectivity index (χ1) is 16.1. The van der Waals surface area contributed by atoms with Crippen LogP contribution in [0, 0.1) is 11.8 Å². The van der Waals surface area contributed by atoms with Crippen LogP contribution in [-0.2, 0) is 14.4 Å². The number of aliphatic hydroxyl groups is 1. The minimum Gasteiger partial charge on any atom is -0.494 e. The van der Waals surface area contributed by atoms with Crippen molar-refractivity contribution in [3.05, 3.63) is 24.3 Å². The fourth-order valence-corrected chi connectivity index (χ4v) is 7.92. The molecule has 34 heavy (non-hydrogen) atoms. The van der Waals surface area contributed by atoms with E-state index in [-0.39, 0.29) is 29.6 Å². The number of hydrogen-bond donors (Lipinski definition) is 3. The van der Waals surface area contributed by atoms with Crippen LogP contribution in [0.25, 0.3) is 0 Å². The van der Waals surface area contributed by atoms with Crippen molar-refractivity contribution >= 4 is 35.2 Å². The van der Waals surface area contributed by atoms with Gasteiger partial charge in [-0.3, -0.25) is 14.4 Å². The molecule has 3 saturated heterocycles. The average Bonchev–Trinajstić information content (AvgIpc) is 3.40. The van der Waals surface area contributed by atoms with Gasteiger partial charge in [0, 0.05) is 29.6 Å². The van der Waals surface area contributed by atoms with Crippen LogP contribution in [-0.4, -0.2) is 69.1 Å². The first-order valence-electron chi connectivity index (χ1n) is 12.1. The molecule has 0 radical (unpaired) electrons. The Hall–Kier alpha value is -2.26. The summed E-state index contributed by atoms with van der Waals surface area (Å²) in [6.45, 7) is 8.47. The zero-order chi connectivity index (χ0) is 24.7. The Morgan fingerprint density at radius 2 is 1.94 bits per heavy atom. The zero-order valence-corrected chi connectivity index (χ0v) is 21.1. The van der Waals surface area contributed by atoms with Gasteiger partial charge in [-0.1, -0.05) is 0 Å². The van der Waals surface area contributed by atoms with E-state index < -0.39 is 28.2 Å². The molecule has 1 aromatic rings. The SMILES string of the molecule is CCOc1ccc(NC(=O)[C@@H]2[C@@H]3CCC4(S3)C(C(=O)NC(C)(C)C)N(CCCO)C(=O)[C@H]24)cc1. The van der Waals surface area contributed by atoms with Crippen LogP contribution < -0.4 is 15.4 Å². The van der Waals surface area contributed by atoms with Crippen molar-refractivity contribution in [2.24, 2.45) is 11.8 Å². The number of rotatable bonds is 8. The Kier molecular flexibility index (Phi) is 6.88. The lowest BCUT2D eigenvalue weighted by molar-refractivity contribution is -0.139. The predicted molar refractivity (Wildman–Crippen MR) is 132 cm³/mol. The van der Waals surface area contributed by atoms with Crippen LogP contribution >= 0.6 is 11.8 Å². The monoisotopic (exact) mass is 489 g/mol. The van der Waals surface area contributed by atoms with Crippen molar-refractivity contribution in [3.63, 3.8) is 0 Å². The molecule has 3 fully saturated rings. The molecule has 3 N–H and O–H groups in total. The molecule has 3 aliphatic heterocycles. The van der Waals surface area contributed by atoms with Gasteiger partial charge in [0.15, 0.2) is 0 Å². The van der Waals surface area contributed by atoms with Crippen LogP contribution in [0.1, 0.15) is 47.0 Å². The number of aliphatic hydroxyl groups excluding tert-OH is 1. The molecule has 5 atom stereocenters. The maximum atomic E-state index is 13.7. The van der Waals surface area contributed by atoms with Gasteiger partial charge >= 0.3 is 0 Å². The first kappa shape index (κ1) is 24.9. The molecule has 2 bridgehead atoms. The van der Waals surface area contributed by atoms with Crippen molar-refractivity contribution in [3.8, 4) is 5.75 Å². The van der Waals surface area contributed by atoms with Gasteiger partial charge in [-0.25, -0.2) is 0 Å². The van der Waals surface area contributed by atoms with Crippen LogP contribution in [0.15, 0.2) is 24.3 Å². The maximum Gasteiger partial charge on any atom is 0.244 e. The van der Waals surface area contributed by atoms with Gasteiger partial charge in [-0.2, -0.15) is 0 Å². The largest absolute Gasteiger partial charge is 0.494 e. The maximum absolute atomic E-state index is 13.7. The van der Waals surface area contributed by atoms with E-state index in [9.17, 15) is 19.5 Å². The number of amides is 3. The number of anilines is 1. The van der Waals surface area contributed by atoms with E-state index in [0.29, 0.717) is 25.3 Å². The summed E-state index contributed by atoms with van der Waals surface area (Å²) in [5.41, 5.74) is 0.211. The van der Waals surface area contributed by atoms with E-state index in [1.165, 1.54) is 0 Å². The van der Waals surface area contributed by atoms with E-state index in [1.54, 1.807) is 40.9 Å². The molecule has 0 saturated carbocycles. The molecule has 0 aromatic heterocycles. The van der Waals surface area contributed by atoms with E-state index in [2.05, 4.69) is 10.6 Å². The normalized spacial score (nSPS) is 29.8. The lowest BCUT2D eigenvalue weighted by Crippen LogP contribution is -2.57. The topological polar surface area (TPSA) is 108 Å². The highest BCUT2D eigenvalue weighted by molar-refractivity contribution is 8.02. The van der Waals surface area contributed by atoms with Gasteiger partial charge in [0.2, 0.25) is 17.7 Å². The number of benzene rings is 1. The van der Waals surface area contributed by atoms with E-state index in [0.717, 1.165) is 18.6 Å². The second-order valence-electron chi connectivity index (χ2n) is 10.4. The Labute approximate surface area is 205 Å². The lowest BCUT2D eigenvalue weighted by atomic mass is 9.70. The summed E-state index contributed by atoms with van der Waals surface area (Å²) < 4.78 is 4.85. The number of likely N-dealkylation sites (tertiary alicyclic amines) is 1. The number of thioether (sulfide) groups is 1. The molecular weight excluding hydrogens is 454 g/mol. The van der Waals surface area contributed by atoms with Crippen LogP contribution in [0.4, 0.5) is 5.69 Å². The number of ether oxygens (including phenoxy) is 1. The van der Waals surface area contributed by atoms with Gasteiger partial charge in [-0.15, -0.1) is 11.8 Å². The average molecular weight is 490 g/mol. The third kappa shape index (κ3) is 4.40. The smallest absolute Gasteiger partial charge is 0.244 e. The molecule has 4 rings (SSSR count). The quantitative estimate of drug-likeness (QED) is 0.518. The van der Waals surface area contributed by atoms with Crippen LogP contribution in [0.5, 0.6) is 5.75 Å². The summed E-state index contributed by atoms with van der Waals surface area (Å²) >= 11 is 1.64. The summed E-state index contributed by atoms with van der Waals surface area (Å²) in [6.07, 6.45) is 1.91. The van der Waals surface area contributed by atoms with Gasteiger partial charge in [-0.05, 0) is 71.2 Å². The minimum atomic E-state index is -0.644. The third-order valence-corrected chi connectivity index (χ3v) is 8.79. The first-order valence-corrected chi connectivity index (χ1v) is 12.9. The van der Waals surface area contributed by atoms with Crippen LogP contribution in [0.2, 0.25) is 0 Å². The Morgan fingerprint density at radius 3 is 2.56 bits per heavy atom. The summed E-state index contributed by atoms with van der Waals surface area (Å²) in [7, 11) is 0. The van der Waals surface area contributed by atoms with Gasteiger partial charge in [0.05, 0.1) is 23.2 Å². The summed E-state index contributed by atoms with van der Waals surface area (Å²) in [5.74, 6) is -0.824. The molecule has 3 aliphatic rings. The molecule has 2 unspecified atom stereocenters. The number of nitrogens with one attached hydrogen (secondary N) is 2. The lowest BCUT2D eigenvalue weighted by Gasteiger charge is -2.36. The second kappa shape index (κ2) is 9.41. The van der Waals surface area contributed by atoms with E-state index in [1.807, 2.05) is 27.7 Å². The van der Waals surface area contributed by atoms with Crippen molar-refractivity contribution in [1.82, 2.24) is 10.2 Å². The third-order valence-electron chi connectivity index (χ3n) is 6.84. The molecule has 1 spiro atoms. The number of nitrogens with zero attached hydrogens (tertiary/aromatic N) is 1. The standard InChI is InChI=1S/C25H35N3O5S/c1-5-33-16-9-7-15(8-10-16)26-21(30)18-17-11-12-25(34-17)19(18)23(32)28(13-6-14-29)20(25)22(31)27-24(2,3)4/h7-10,17-20,29H,5-6,11-14H2,1-4H3,(H,26,30)(H,27,31)/t17-,18+,19-,20?,25?/m0/s1. The highest BCUT2D eigenvalue weighted by Gasteiger charge is 2.73. The fourth-order valence-electron chi connectivity index (χ4n) is 5.70. The van der Waals surface area contributed by atoms with Crippen LogP contribution in [0.3, 0.4) is 0 Å². The van der Waals surface area contributed by atoms with Crippen molar-refractivity contribution < 1.29 is 24.2 Å². The Bertz CT molecular complexity index is 947. The van der Waals surface area contributed by atoms with Gasteiger partial charge in [0.1, 0.15) is 11.8 Å². The number of hydrogen-bond acceptors (Lipinski definition) is 6. The predicted octanol–water partition coefficient (Wildman–Crippen LogP) is 2.41. The number of carbonyl (C=O) groups excluding carboxylic acids is 3. The Morgan fingerprint density at radius 1 is 1.24 bits per heavy atom. The highest BCUT2D eigenvalue weighted by Crippen LogP contribution is 2.66. The van der Waals surface area contributed by atoms with Gasteiger partial charge in [0.25, 0.3) is 0 Å². The number of fused-ring (bicyclic) bond motifs is 1. The molecule has 1 aromatic carbocycles. The second-order valence-corrected chi connectivity index (χ2v) is 12.0. The van der Waals surface area contributed by atoms with Crippen molar-refractivity contribution in [2.45, 2.75) is 68.5 Å². The van der Waals surface area contributed by atoms with E-state index >= 15 is 0 Å². The zero-order valence-electron chi connectivity index (χ0n) is 20.3. The molecule has 9 heteroatoms. The van der Waals surface area contributed by atoms with Crippen molar-refractivity contribution in [1.29, 1.82) is 0 Å². The summed E-state index contributed by atoms with van der Waals surface area (Å²) in [6, 6.07) is 6.56. The Balaban J connectivity index is 1.60. The molecule has 186 valence electrons. The van der Waals surface area contributed by atoms with E-state index in [4.69, 9.17) is 4.74 Å². The van der Waals surface area contributed by atoms with Gasteiger partial charge < -0.3 is 25.4 Å². The minimum absolute atomic E-state index is 0.00146. The molecule has 0 aliphatic carbocycles. The van der Waals surface area contributed by atoms with Crippen molar-refractivity contribution in [2.75, 3.05) is 25.1 Å². The molecular formula is C25H35N3O5S. The fraction of sp³-hybridized carbons (Fsp3) is 0.640. The summed E-state index contributed by atoms with van der Waals surface area (Å²) in [4.78, 5) is 42.2. The molecule has 3 amide bonds. The molecule has 8 nitrogen and oxygen atoms in total. The highest BCUT2D eigenvalue weighted by atomic mass is 32.2. The molecule has 3 heterocycles.